The Morgan fingerprint density at radius 3 is 2.33 bits per heavy atom. The molecule has 1 rings (SSSR count). The Morgan fingerprint density at radius 2 is 1.92 bits per heavy atom. The zero-order chi connectivity index (χ0) is 9.19. The summed E-state index contributed by atoms with van der Waals surface area (Å²) in [6.07, 6.45) is 3.51. The van der Waals surface area contributed by atoms with E-state index in [2.05, 4.69) is 18.7 Å². The maximum absolute atomic E-state index is 10.0. The van der Waals surface area contributed by atoms with Crippen LogP contribution in [0.4, 0.5) is 0 Å². The van der Waals surface area contributed by atoms with Crippen LogP contribution in [0.3, 0.4) is 0 Å². The van der Waals surface area contributed by atoms with E-state index in [9.17, 15) is 10.1 Å². The second-order valence-corrected chi connectivity index (χ2v) is 4.19. The molecular formula is C8H15NO3. The van der Waals surface area contributed by atoms with E-state index in [-0.39, 0.29) is 6.10 Å². The summed E-state index contributed by atoms with van der Waals surface area (Å²) in [6.45, 7) is 4.38. The van der Waals surface area contributed by atoms with Gasteiger partial charge in [0.2, 0.25) is 0 Å². The fourth-order valence-corrected chi connectivity index (χ4v) is 1.60. The Labute approximate surface area is 72.0 Å². The van der Waals surface area contributed by atoms with Crippen molar-refractivity contribution in [2.75, 3.05) is 0 Å². The monoisotopic (exact) mass is 173 g/mol. The summed E-state index contributed by atoms with van der Waals surface area (Å²) in [5.74, 6) is 0. The topological polar surface area (TPSA) is 52.4 Å². The maximum Gasteiger partial charge on any atom is 0.294 e. The number of hydrogen-bond acceptors (Lipinski definition) is 3. The molecule has 0 atom stereocenters. The first kappa shape index (κ1) is 9.29. The molecule has 0 N–H and O–H groups in total. The van der Waals surface area contributed by atoms with Crippen LogP contribution < -0.4 is 0 Å². The molecule has 12 heavy (non-hydrogen) atoms. The van der Waals surface area contributed by atoms with Crippen molar-refractivity contribution in [3.8, 4) is 0 Å². The zero-order valence-corrected chi connectivity index (χ0v) is 7.58. The van der Waals surface area contributed by atoms with Gasteiger partial charge in [0.05, 0.1) is 0 Å². The molecule has 0 radical (unpaired) electrons. The van der Waals surface area contributed by atoms with Gasteiger partial charge < -0.3 is 4.84 Å². The van der Waals surface area contributed by atoms with Gasteiger partial charge in [-0.1, -0.05) is 13.8 Å². The first-order chi connectivity index (χ1) is 5.49. The van der Waals surface area contributed by atoms with Gasteiger partial charge in [-0.05, 0) is 31.1 Å². The van der Waals surface area contributed by atoms with Crippen molar-refractivity contribution in [2.24, 2.45) is 5.41 Å². The summed E-state index contributed by atoms with van der Waals surface area (Å²) in [5.41, 5.74) is 0.344. The van der Waals surface area contributed by atoms with E-state index in [0.717, 1.165) is 25.7 Å². The van der Waals surface area contributed by atoms with Gasteiger partial charge in [-0.3, -0.25) is 0 Å². The largest absolute Gasteiger partial charge is 0.311 e. The van der Waals surface area contributed by atoms with E-state index in [1.165, 1.54) is 0 Å². The second-order valence-electron chi connectivity index (χ2n) is 4.19. The van der Waals surface area contributed by atoms with Gasteiger partial charge in [0.1, 0.15) is 6.10 Å². The van der Waals surface area contributed by atoms with Crippen LogP contribution >= 0.6 is 0 Å². The van der Waals surface area contributed by atoms with Crippen LogP contribution in [0.2, 0.25) is 0 Å². The van der Waals surface area contributed by atoms with Crippen LogP contribution in [0.25, 0.3) is 0 Å². The van der Waals surface area contributed by atoms with Crippen molar-refractivity contribution in [1.29, 1.82) is 0 Å². The minimum atomic E-state index is -0.678. The van der Waals surface area contributed by atoms with Crippen LogP contribution in [0.1, 0.15) is 39.5 Å². The molecule has 0 spiro atoms. The van der Waals surface area contributed by atoms with Gasteiger partial charge in [0.25, 0.3) is 5.09 Å². The van der Waals surface area contributed by atoms with E-state index in [1.54, 1.807) is 0 Å². The summed E-state index contributed by atoms with van der Waals surface area (Å²) >= 11 is 0. The van der Waals surface area contributed by atoms with Gasteiger partial charge in [0.15, 0.2) is 0 Å². The average Bonchev–Trinajstić information content (AvgIpc) is 1.93. The highest BCUT2D eigenvalue weighted by molar-refractivity contribution is 4.78. The lowest BCUT2D eigenvalue weighted by Crippen LogP contribution is -2.27. The quantitative estimate of drug-likeness (QED) is 0.475. The summed E-state index contributed by atoms with van der Waals surface area (Å²) in [7, 11) is 0. The molecule has 0 aliphatic heterocycles. The van der Waals surface area contributed by atoms with Crippen molar-refractivity contribution in [3.05, 3.63) is 10.1 Å². The smallest absolute Gasteiger partial charge is 0.294 e. The Balaban J connectivity index is 2.31. The molecule has 0 heterocycles. The molecule has 0 unspecified atom stereocenters. The number of nitrogens with zero attached hydrogens (tertiary/aromatic N) is 1. The lowest BCUT2D eigenvalue weighted by atomic mass is 9.76. The third-order valence-corrected chi connectivity index (χ3v) is 2.52. The van der Waals surface area contributed by atoms with E-state index in [4.69, 9.17) is 0 Å². The van der Waals surface area contributed by atoms with Crippen molar-refractivity contribution < 1.29 is 9.92 Å². The summed E-state index contributed by atoms with van der Waals surface area (Å²) in [5, 5.41) is 9.33. The second kappa shape index (κ2) is 3.29. The lowest BCUT2D eigenvalue weighted by Gasteiger charge is -2.32. The molecule has 0 amide bonds. The van der Waals surface area contributed by atoms with Gasteiger partial charge in [0, 0.05) is 0 Å². The maximum atomic E-state index is 10.0. The van der Waals surface area contributed by atoms with Crippen molar-refractivity contribution in [2.45, 2.75) is 45.6 Å². The molecule has 0 aromatic rings. The fraction of sp³-hybridized carbons (Fsp3) is 1.00. The Bertz CT molecular complexity index is 169. The predicted molar refractivity (Wildman–Crippen MR) is 44.1 cm³/mol. The zero-order valence-electron chi connectivity index (χ0n) is 7.58. The Morgan fingerprint density at radius 1 is 1.42 bits per heavy atom. The first-order valence-corrected chi connectivity index (χ1v) is 4.31. The molecule has 0 aromatic carbocycles. The Hall–Kier alpha value is -0.800. The Kier molecular flexibility index (Phi) is 2.55. The van der Waals surface area contributed by atoms with E-state index >= 15 is 0 Å². The minimum absolute atomic E-state index is 0.159. The van der Waals surface area contributed by atoms with Gasteiger partial charge >= 0.3 is 0 Å². The SMILES string of the molecule is CC1(C)CCC(O[N+](=O)[O-])CC1. The molecule has 4 nitrogen and oxygen atoms in total. The summed E-state index contributed by atoms with van der Waals surface area (Å²) < 4.78 is 0. The minimum Gasteiger partial charge on any atom is -0.311 e. The van der Waals surface area contributed by atoms with Crippen LogP contribution in [0.5, 0.6) is 0 Å². The molecule has 70 valence electrons. The van der Waals surface area contributed by atoms with Crippen LogP contribution in [-0.4, -0.2) is 11.2 Å². The van der Waals surface area contributed by atoms with Crippen LogP contribution in [0.15, 0.2) is 0 Å². The predicted octanol–water partition coefficient (Wildman–Crippen LogP) is 2.16. The summed E-state index contributed by atoms with van der Waals surface area (Å²) in [4.78, 5) is 14.5. The van der Waals surface area contributed by atoms with E-state index in [0.29, 0.717) is 5.41 Å². The normalized spacial score (nSPS) is 23.5. The summed E-state index contributed by atoms with van der Waals surface area (Å²) in [6, 6.07) is 0. The molecule has 1 aliphatic carbocycles. The highest BCUT2D eigenvalue weighted by Crippen LogP contribution is 2.35. The van der Waals surface area contributed by atoms with Crippen molar-refractivity contribution in [3.63, 3.8) is 0 Å². The van der Waals surface area contributed by atoms with Crippen molar-refractivity contribution in [1.82, 2.24) is 0 Å². The molecular weight excluding hydrogens is 158 g/mol. The van der Waals surface area contributed by atoms with Crippen LogP contribution in [-0.2, 0) is 4.84 Å². The molecule has 0 bridgehead atoms. The molecule has 4 heteroatoms. The third kappa shape index (κ3) is 2.68. The number of rotatable bonds is 2. The lowest BCUT2D eigenvalue weighted by molar-refractivity contribution is -0.769. The van der Waals surface area contributed by atoms with Gasteiger partial charge in [-0.15, -0.1) is 10.1 Å². The van der Waals surface area contributed by atoms with Gasteiger partial charge in [-0.25, -0.2) is 0 Å². The molecule has 1 fully saturated rings. The fourth-order valence-electron chi connectivity index (χ4n) is 1.60. The number of hydrogen-bond donors (Lipinski definition) is 0. The molecule has 0 aromatic heterocycles. The van der Waals surface area contributed by atoms with E-state index < -0.39 is 5.09 Å². The standard InChI is InChI=1S/C8H15NO3/c1-8(2)5-3-7(4-6-8)12-9(10)11/h7H,3-6H2,1-2H3. The first-order valence-electron chi connectivity index (χ1n) is 4.31. The molecule has 1 saturated carbocycles. The highest BCUT2D eigenvalue weighted by atomic mass is 17.0. The van der Waals surface area contributed by atoms with Crippen molar-refractivity contribution >= 4 is 0 Å². The molecule has 0 saturated heterocycles. The molecule has 1 aliphatic rings. The van der Waals surface area contributed by atoms with Gasteiger partial charge in [-0.2, -0.15) is 0 Å². The highest BCUT2D eigenvalue weighted by Gasteiger charge is 2.28. The van der Waals surface area contributed by atoms with E-state index in [1.807, 2.05) is 0 Å². The van der Waals surface area contributed by atoms with Crippen LogP contribution in [0, 0.1) is 15.5 Å². The average molecular weight is 173 g/mol. The third-order valence-electron chi connectivity index (χ3n) is 2.52.